The number of rotatable bonds is 54. The van der Waals surface area contributed by atoms with E-state index in [1.165, 1.54) is 218 Å². The van der Waals surface area contributed by atoms with E-state index in [-0.39, 0.29) is 18.5 Å². The number of hydrogen-bond donors (Lipinski definition) is 3. The molecular weight excluding hydrogens is 815 g/mol. The van der Waals surface area contributed by atoms with Gasteiger partial charge in [-0.1, -0.05) is 262 Å². The first-order valence-corrected chi connectivity index (χ1v) is 29.2. The quantitative estimate of drug-likeness (QED) is 0.0321. The van der Waals surface area contributed by atoms with Crippen molar-refractivity contribution in [3.63, 3.8) is 0 Å². The second-order valence-electron chi connectivity index (χ2n) is 20.0. The number of carbonyl (C=O) groups excluding carboxylic acids is 2. The number of carbonyl (C=O) groups is 2. The minimum Gasteiger partial charge on any atom is -0.466 e. The average molecular weight is 929 g/mol. The van der Waals surface area contributed by atoms with E-state index in [1.54, 1.807) is 0 Å². The van der Waals surface area contributed by atoms with Crippen LogP contribution in [0.25, 0.3) is 0 Å². The number of unbranched alkanes of at least 4 members (excludes halogenated alkanes) is 37. The molecule has 6 heteroatoms. The van der Waals surface area contributed by atoms with E-state index >= 15 is 0 Å². The fourth-order valence-electron chi connectivity index (χ4n) is 8.92. The summed E-state index contributed by atoms with van der Waals surface area (Å²) in [6.07, 6.45) is 68.7. The summed E-state index contributed by atoms with van der Waals surface area (Å²) < 4.78 is 5.44. The van der Waals surface area contributed by atoms with Gasteiger partial charge in [0.25, 0.3) is 0 Å². The molecule has 0 rings (SSSR count). The number of esters is 1. The number of aliphatic hydroxyl groups excluding tert-OH is 2. The Morgan fingerprint density at radius 2 is 0.773 bits per heavy atom. The lowest BCUT2D eigenvalue weighted by Crippen LogP contribution is -2.45. The minimum atomic E-state index is -0.701. The highest BCUT2D eigenvalue weighted by Crippen LogP contribution is 2.17. The normalized spacial score (nSPS) is 12.8. The van der Waals surface area contributed by atoms with Crippen molar-refractivity contribution in [2.75, 3.05) is 13.2 Å². The lowest BCUT2D eigenvalue weighted by atomic mass is 10.0. The first-order chi connectivity index (χ1) is 32.5. The van der Waals surface area contributed by atoms with Crippen LogP contribution in [-0.4, -0.2) is 47.4 Å². The van der Waals surface area contributed by atoms with Crippen LogP contribution in [0.2, 0.25) is 0 Å². The van der Waals surface area contributed by atoms with Crippen molar-refractivity contribution < 1.29 is 24.5 Å². The van der Waals surface area contributed by atoms with Crippen LogP contribution in [0.1, 0.15) is 309 Å². The van der Waals surface area contributed by atoms with E-state index in [4.69, 9.17) is 4.74 Å². The van der Waals surface area contributed by atoms with E-state index < -0.39 is 12.1 Å². The Hall–Kier alpha value is -1.92. The lowest BCUT2D eigenvalue weighted by molar-refractivity contribution is -0.143. The Bertz CT molecular complexity index is 1070. The van der Waals surface area contributed by atoms with Crippen LogP contribution < -0.4 is 5.32 Å². The Kier molecular flexibility index (Phi) is 54.1. The Morgan fingerprint density at radius 1 is 0.424 bits per heavy atom. The molecular formula is C60H113NO5. The molecule has 0 radical (unpaired) electrons. The van der Waals surface area contributed by atoms with Gasteiger partial charge in [-0.2, -0.15) is 0 Å². The van der Waals surface area contributed by atoms with Crippen molar-refractivity contribution in [2.24, 2.45) is 0 Å². The minimum absolute atomic E-state index is 0.0267. The standard InChI is InChI=1S/C60H113NO5/c1-3-5-7-9-11-13-15-17-18-19-20-21-22-23-24-25-26-27-29-32-36-40-44-48-52-58(63)57(56-62)61-59(64)53-49-45-41-37-33-30-28-31-35-39-43-47-51-55-66-60(65)54-50-46-42-38-34-16-14-12-10-8-6-4-2/h12,14,30,33,41,45,57-58,62-63H,3-11,13,15-29,31-32,34-40,42-44,46-56H2,1-2H3,(H,61,64)/b14-12-,33-30-,45-41-. The maximum atomic E-state index is 12.5. The molecule has 0 fully saturated rings. The molecule has 388 valence electrons. The topological polar surface area (TPSA) is 95.9 Å². The smallest absolute Gasteiger partial charge is 0.305 e. The summed E-state index contributed by atoms with van der Waals surface area (Å²) in [6.45, 7) is 4.87. The van der Waals surface area contributed by atoms with Crippen LogP contribution in [0.3, 0.4) is 0 Å². The number of nitrogens with one attached hydrogen (secondary N) is 1. The van der Waals surface area contributed by atoms with Gasteiger partial charge in [-0.15, -0.1) is 0 Å². The molecule has 0 aliphatic rings. The van der Waals surface area contributed by atoms with Gasteiger partial charge in [0.05, 0.1) is 25.4 Å². The second kappa shape index (κ2) is 55.7. The van der Waals surface area contributed by atoms with Crippen molar-refractivity contribution in [1.29, 1.82) is 0 Å². The SMILES string of the molecule is CCCCC/C=C\CCCCCCCC(=O)OCCCCCCCC/C=C\C/C=C\CCC(=O)NC(CO)C(O)CCCCCCCCCCCCCCCCCCCCCCCCCC. The molecule has 0 aliphatic heterocycles. The van der Waals surface area contributed by atoms with E-state index in [0.717, 1.165) is 51.4 Å². The van der Waals surface area contributed by atoms with E-state index in [9.17, 15) is 19.8 Å². The zero-order valence-electron chi connectivity index (χ0n) is 44.2. The molecule has 1 amide bonds. The highest BCUT2D eigenvalue weighted by atomic mass is 16.5. The van der Waals surface area contributed by atoms with Gasteiger partial charge >= 0.3 is 5.97 Å². The Labute approximate surface area is 411 Å². The number of amides is 1. The lowest BCUT2D eigenvalue weighted by Gasteiger charge is -2.22. The summed E-state index contributed by atoms with van der Waals surface area (Å²) >= 11 is 0. The van der Waals surface area contributed by atoms with Crippen LogP contribution in [0.5, 0.6) is 0 Å². The van der Waals surface area contributed by atoms with Gasteiger partial charge in [-0.25, -0.2) is 0 Å². The fraction of sp³-hybridized carbons (Fsp3) is 0.867. The number of hydrogen-bond acceptors (Lipinski definition) is 5. The summed E-state index contributed by atoms with van der Waals surface area (Å²) in [5.74, 6) is -0.140. The van der Waals surface area contributed by atoms with Crippen molar-refractivity contribution in [3.8, 4) is 0 Å². The first-order valence-electron chi connectivity index (χ1n) is 29.2. The second-order valence-corrected chi connectivity index (χ2v) is 20.0. The average Bonchev–Trinajstić information content (AvgIpc) is 3.32. The van der Waals surface area contributed by atoms with Crippen LogP contribution >= 0.6 is 0 Å². The molecule has 2 atom stereocenters. The monoisotopic (exact) mass is 928 g/mol. The molecule has 0 aromatic heterocycles. The van der Waals surface area contributed by atoms with Crippen molar-refractivity contribution >= 4 is 11.9 Å². The molecule has 0 aromatic rings. The third kappa shape index (κ3) is 51.5. The number of allylic oxidation sites excluding steroid dienone is 6. The van der Waals surface area contributed by atoms with Crippen molar-refractivity contribution in [1.82, 2.24) is 5.32 Å². The van der Waals surface area contributed by atoms with Crippen LogP contribution in [0.15, 0.2) is 36.5 Å². The van der Waals surface area contributed by atoms with Gasteiger partial charge in [0, 0.05) is 12.8 Å². The highest BCUT2D eigenvalue weighted by molar-refractivity contribution is 5.76. The van der Waals surface area contributed by atoms with E-state index in [0.29, 0.717) is 32.3 Å². The molecule has 66 heavy (non-hydrogen) atoms. The van der Waals surface area contributed by atoms with Gasteiger partial charge < -0.3 is 20.3 Å². The largest absolute Gasteiger partial charge is 0.466 e. The van der Waals surface area contributed by atoms with Crippen LogP contribution in [-0.2, 0) is 14.3 Å². The number of ether oxygens (including phenoxy) is 1. The zero-order chi connectivity index (χ0) is 47.9. The Morgan fingerprint density at radius 3 is 1.23 bits per heavy atom. The third-order valence-corrected chi connectivity index (χ3v) is 13.4. The van der Waals surface area contributed by atoms with Crippen molar-refractivity contribution in [3.05, 3.63) is 36.5 Å². The molecule has 0 saturated heterocycles. The molecule has 0 aliphatic carbocycles. The highest BCUT2D eigenvalue weighted by Gasteiger charge is 2.19. The van der Waals surface area contributed by atoms with Gasteiger partial charge in [0.2, 0.25) is 5.91 Å². The van der Waals surface area contributed by atoms with Crippen LogP contribution in [0, 0.1) is 0 Å². The summed E-state index contributed by atoms with van der Waals surface area (Å²) in [5.41, 5.74) is 0. The predicted octanol–water partition coefficient (Wildman–Crippen LogP) is 18.0. The third-order valence-electron chi connectivity index (χ3n) is 13.4. The van der Waals surface area contributed by atoms with Gasteiger partial charge in [0.1, 0.15) is 0 Å². The summed E-state index contributed by atoms with van der Waals surface area (Å²) in [4.78, 5) is 24.5. The number of aliphatic hydroxyl groups is 2. The van der Waals surface area contributed by atoms with Gasteiger partial charge in [-0.3, -0.25) is 9.59 Å². The summed E-state index contributed by atoms with van der Waals surface area (Å²) in [6, 6.07) is -0.587. The molecule has 0 heterocycles. The van der Waals surface area contributed by atoms with E-state index in [1.807, 2.05) is 6.08 Å². The maximum absolute atomic E-state index is 12.5. The molecule has 0 saturated carbocycles. The molecule has 0 spiro atoms. The molecule has 2 unspecified atom stereocenters. The molecule has 0 aromatic carbocycles. The maximum Gasteiger partial charge on any atom is 0.305 e. The zero-order valence-corrected chi connectivity index (χ0v) is 44.2. The van der Waals surface area contributed by atoms with E-state index in [2.05, 4.69) is 49.5 Å². The van der Waals surface area contributed by atoms with Crippen molar-refractivity contribution in [2.45, 2.75) is 321 Å². The Balaban J connectivity index is 3.53. The van der Waals surface area contributed by atoms with Crippen LogP contribution in [0.4, 0.5) is 0 Å². The summed E-state index contributed by atoms with van der Waals surface area (Å²) in [7, 11) is 0. The molecule has 6 nitrogen and oxygen atoms in total. The first kappa shape index (κ1) is 64.1. The van der Waals surface area contributed by atoms with Gasteiger partial charge in [0.15, 0.2) is 0 Å². The predicted molar refractivity (Wildman–Crippen MR) is 287 cm³/mol. The van der Waals surface area contributed by atoms with Gasteiger partial charge in [-0.05, 0) is 70.6 Å². The molecule has 3 N–H and O–H groups in total. The molecule has 0 bridgehead atoms. The fourth-order valence-corrected chi connectivity index (χ4v) is 8.92. The summed E-state index contributed by atoms with van der Waals surface area (Å²) in [5, 5.41) is 23.3.